The van der Waals surface area contributed by atoms with Crippen molar-refractivity contribution in [2.75, 3.05) is 0 Å². The molecule has 0 aromatic heterocycles. The van der Waals surface area contributed by atoms with Gasteiger partial charge in [-0.2, -0.15) is 0 Å². The molecule has 1 atom stereocenters. The van der Waals surface area contributed by atoms with Crippen LogP contribution in [0.4, 0.5) is 0 Å². The highest BCUT2D eigenvalue weighted by Crippen LogP contribution is 2.17. The van der Waals surface area contributed by atoms with Crippen molar-refractivity contribution in [2.24, 2.45) is 5.92 Å². The summed E-state index contributed by atoms with van der Waals surface area (Å²) in [6.07, 6.45) is 0.465. The second kappa shape index (κ2) is 11.1. The fourth-order valence-electron chi connectivity index (χ4n) is 3.54. The molecule has 3 aromatic rings. The molecule has 0 spiro atoms. The van der Waals surface area contributed by atoms with Crippen LogP contribution >= 0.6 is 0 Å². The molecule has 0 aliphatic rings. The van der Waals surface area contributed by atoms with E-state index in [0.29, 0.717) is 19.5 Å². The number of carbonyl (C=O) groups excluding carboxylic acids is 2. The van der Waals surface area contributed by atoms with Crippen LogP contribution < -0.4 is 5.32 Å². The van der Waals surface area contributed by atoms with Crippen LogP contribution in [0, 0.1) is 5.92 Å². The molecular weight excluding hydrogens is 384 g/mol. The molecule has 160 valence electrons. The molecule has 0 heterocycles. The van der Waals surface area contributed by atoms with Gasteiger partial charge in [-0.1, -0.05) is 105 Å². The summed E-state index contributed by atoms with van der Waals surface area (Å²) in [5.74, 6) is -0.374. The number of nitrogens with one attached hydrogen (secondary N) is 1. The Bertz CT molecular complexity index is 956. The summed E-state index contributed by atoms with van der Waals surface area (Å²) < 4.78 is 0. The van der Waals surface area contributed by atoms with Gasteiger partial charge in [0.05, 0.1) is 0 Å². The smallest absolute Gasteiger partial charge is 0.243 e. The standard InChI is InChI=1S/C27H30N2O2/c1-21(2)27(31)29(20-24-16-10-5-11-17-24)25(18-22-12-6-3-7-13-22)26(30)28-19-23-14-8-4-9-15-23/h3-17,21,25H,18-20H2,1-2H3,(H,28,30)/t25-/m0/s1. The minimum atomic E-state index is -0.596. The van der Waals surface area contributed by atoms with Crippen molar-refractivity contribution >= 4 is 11.8 Å². The van der Waals surface area contributed by atoms with Crippen LogP contribution in [0.5, 0.6) is 0 Å². The molecule has 1 N–H and O–H groups in total. The van der Waals surface area contributed by atoms with Gasteiger partial charge in [0.25, 0.3) is 0 Å². The maximum absolute atomic E-state index is 13.4. The second-order valence-corrected chi connectivity index (χ2v) is 8.02. The first-order valence-electron chi connectivity index (χ1n) is 10.7. The van der Waals surface area contributed by atoms with E-state index >= 15 is 0 Å². The van der Waals surface area contributed by atoms with E-state index in [4.69, 9.17) is 0 Å². The Kier molecular flexibility index (Phi) is 7.99. The van der Waals surface area contributed by atoms with Crippen LogP contribution in [0.3, 0.4) is 0 Å². The Morgan fingerprint density at radius 2 is 1.23 bits per heavy atom. The topological polar surface area (TPSA) is 49.4 Å². The van der Waals surface area contributed by atoms with Gasteiger partial charge >= 0.3 is 0 Å². The summed E-state index contributed by atoms with van der Waals surface area (Å²) in [6, 6.07) is 28.9. The second-order valence-electron chi connectivity index (χ2n) is 8.02. The summed E-state index contributed by atoms with van der Waals surface area (Å²) in [5.41, 5.74) is 3.06. The third kappa shape index (κ3) is 6.54. The Balaban J connectivity index is 1.88. The average Bonchev–Trinajstić information content (AvgIpc) is 2.81. The van der Waals surface area contributed by atoms with E-state index in [2.05, 4.69) is 5.32 Å². The van der Waals surface area contributed by atoms with E-state index in [0.717, 1.165) is 16.7 Å². The molecule has 0 radical (unpaired) electrons. The molecule has 3 aromatic carbocycles. The molecule has 31 heavy (non-hydrogen) atoms. The number of nitrogens with zero attached hydrogens (tertiary/aromatic N) is 1. The SMILES string of the molecule is CC(C)C(=O)N(Cc1ccccc1)[C@@H](Cc1ccccc1)C(=O)NCc1ccccc1. The summed E-state index contributed by atoms with van der Waals surface area (Å²) in [5, 5.41) is 3.05. The highest BCUT2D eigenvalue weighted by molar-refractivity contribution is 5.88. The van der Waals surface area contributed by atoms with Gasteiger partial charge in [-0.3, -0.25) is 9.59 Å². The van der Waals surface area contributed by atoms with Gasteiger partial charge in [0.15, 0.2) is 0 Å². The minimum Gasteiger partial charge on any atom is -0.350 e. The zero-order valence-corrected chi connectivity index (χ0v) is 18.2. The number of hydrogen-bond acceptors (Lipinski definition) is 2. The van der Waals surface area contributed by atoms with Crippen molar-refractivity contribution in [3.05, 3.63) is 108 Å². The maximum atomic E-state index is 13.4. The molecule has 3 rings (SSSR count). The number of carbonyl (C=O) groups is 2. The predicted molar refractivity (Wildman–Crippen MR) is 124 cm³/mol. The van der Waals surface area contributed by atoms with Gasteiger partial charge in [0.2, 0.25) is 11.8 Å². The lowest BCUT2D eigenvalue weighted by Crippen LogP contribution is -2.51. The van der Waals surface area contributed by atoms with E-state index in [9.17, 15) is 9.59 Å². The summed E-state index contributed by atoms with van der Waals surface area (Å²) in [4.78, 5) is 28.3. The molecule has 0 saturated carbocycles. The van der Waals surface area contributed by atoms with Gasteiger partial charge in [-0.05, 0) is 16.7 Å². The highest BCUT2D eigenvalue weighted by atomic mass is 16.2. The summed E-state index contributed by atoms with van der Waals surface area (Å²) in [7, 11) is 0. The quantitative estimate of drug-likeness (QED) is 0.556. The Labute approximate surface area is 184 Å². The van der Waals surface area contributed by atoms with Crippen LogP contribution in [0.1, 0.15) is 30.5 Å². The monoisotopic (exact) mass is 414 g/mol. The fourth-order valence-corrected chi connectivity index (χ4v) is 3.54. The molecular formula is C27H30N2O2. The van der Waals surface area contributed by atoms with Crippen molar-refractivity contribution < 1.29 is 9.59 Å². The molecule has 0 saturated heterocycles. The van der Waals surface area contributed by atoms with Crippen LogP contribution in [0.15, 0.2) is 91.0 Å². The fraction of sp³-hybridized carbons (Fsp3) is 0.259. The van der Waals surface area contributed by atoms with E-state index in [1.807, 2.05) is 105 Å². The first kappa shape index (κ1) is 22.3. The molecule has 4 heteroatoms. The number of rotatable bonds is 9. The molecule has 4 nitrogen and oxygen atoms in total. The molecule has 2 amide bonds. The Morgan fingerprint density at radius 1 is 0.742 bits per heavy atom. The normalized spacial score (nSPS) is 11.7. The predicted octanol–water partition coefficient (Wildman–Crippen LogP) is 4.60. The van der Waals surface area contributed by atoms with Crippen LogP contribution in [-0.2, 0) is 29.1 Å². The third-order valence-electron chi connectivity index (χ3n) is 5.23. The average molecular weight is 415 g/mol. The van der Waals surface area contributed by atoms with E-state index in [1.54, 1.807) is 4.90 Å². The number of benzene rings is 3. The summed E-state index contributed by atoms with van der Waals surface area (Å²) in [6.45, 7) is 4.58. The van der Waals surface area contributed by atoms with Crippen LogP contribution in [0.2, 0.25) is 0 Å². The first-order valence-corrected chi connectivity index (χ1v) is 10.7. The van der Waals surface area contributed by atoms with Gasteiger partial charge < -0.3 is 10.2 Å². The molecule has 0 unspecified atom stereocenters. The van der Waals surface area contributed by atoms with Gasteiger partial charge in [0.1, 0.15) is 6.04 Å². The lowest BCUT2D eigenvalue weighted by atomic mass is 10.0. The third-order valence-corrected chi connectivity index (χ3v) is 5.23. The van der Waals surface area contributed by atoms with E-state index in [1.165, 1.54) is 0 Å². The number of hydrogen-bond donors (Lipinski definition) is 1. The molecule has 0 fully saturated rings. The number of amides is 2. The van der Waals surface area contributed by atoms with Crippen molar-refractivity contribution in [3.8, 4) is 0 Å². The largest absolute Gasteiger partial charge is 0.350 e. The van der Waals surface area contributed by atoms with Crippen molar-refractivity contribution in [3.63, 3.8) is 0 Å². The molecule has 0 bridgehead atoms. The van der Waals surface area contributed by atoms with Crippen LogP contribution in [0.25, 0.3) is 0 Å². The Hall–Kier alpha value is -3.40. The van der Waals surface area contributed by atoms with Gasteiger partial charge in [-0.15, -0.1) is 0 Å². The lowest BCUT2D eigenvalue weighted by Gasteiger charge is -2.32. The lowest BCUT2D eigenvalue weighted by molar-refractivity contribution is -0.143. The van der Waals surface area contributed by atoms with E-state index < -0.39 is 6.04 Å². The van der Waals surface area contributed by atoms with Gasteiger partial charge in [0, 0.05) is 25.4 Å². The summed E-state index contributed by atoms with van der Waals surface area (Å²) >= 11 is 0. The van der Waals surface area contributed by atoms with Gasteiger partial charge in [-0.25, -0.2) is 0 Å². The highest BCUT2D eigenvalue weighted by Gasteiger charge is 2.31. The first-order chi connectivity index (χ1) is 15.0. The zero-order chi connectivity index (χ0) is 22.1. The minimum absolute atomic E-state index is 0.0281. The van der Waals surface area contributed by atoms with Crippen LogP contribution in [-0.4, -0.2) is 22.8 Å². The molecule has 0 aliphatic carbocycles. The van der Waals surface area contributed by atoms with Crippen molar-refractivity contribution in [1.82, 2.24) is 10.2 Å². The van der Waals surface area contributed by atoms with Crippen molar-refractivity contribution in [2.45, 2.75) is 39.4 Å². The maximum Gasteiger partial charge on any atom is 0.243 e. The van der Waals surface area contributed by atoms with E-state index in [-0.39, 0.29) is 17.7 Å². The molecule has 0 aliphatic heterocycles. The van der Waals surface area contributed by atoms with Crippen molar-refractivity contribution in [1.29, 1.82) is 0 Å². The zero-order valence-electron chi connectivity index (χ0n) is 18.2. The Morgan fingerprint density at radius 3 is 1.74 bits per heavy atom.